The summed E-state index contributed by atoms with van der Waals surface area (Å²) in [5, 5.41) is 0.551. The predicted octanol–water partition coefficient (Wildman–Crippen LogP) is 3.94. The molecule has 0 aromatic heterocycles. The first kappa shape index (κ1) is 16.6. The van der Waals surface area contributed by atoms with Gasteiger partial charge in [-0.15, -0.1) is 0 Å². The zero-order valence-electron chi connectivity index (χ0n) is 10.9. The van der Waals surface area contributed by atoms with Crippen molar-refractivity contribution in [2.75, 3.05) is 11.1 Å². The molecule has 108 valence electrons. The molecule has 0 unspecified atom stereocenters. The summed E-state index contributed by atoms with van der Waals surface area (Å²) in [5.74, 6) is -2.27. The topological polar surface area (TPSA) is 34.1 Å². The molecule has 6 heteroatoms. The van der Waals surface area contributed by atoms with Crippen molar-refractivity contribution in [2.45, 2.75) is 31.6 Å². The van der Waals surface area contributed by atoms with Gasteiger partial charge in [0.25, 0.3) is 0 Å². The molecular formula is C13H17BrF2O2S. The fourth-order valence-corrected chi connectivity index (χ4v) is 5.13. The van der Waals surface area contributed by atoms with Crippen molar-refractivity contribution in [3.05, 3.63) is 29.8 Å². The van der Waals surface area contributed by atoms with Crippen LogP contribution in [0, 0.1) is 17.0 Å². The first-order valence-corrected chi connectivity index (χ1v) is 8.81. The minimum Gasteiger partial charge on any atom is -0.224 e. The second-order valence-corrected chi connectivity index (χ2v) is 7.23. The Morgan fingerprint density at radius 2 is 1.74 bits per heavy atom. The van der Waals surface area contributed by atoms with Crippen LogP contribution in [0.3, 0.4) is 0 Å². The van der Waals surface area contributed by atoms with Crippen LogP contribution in [0.15, 0.2) is 23.1 Å². The summed E-state index contributed by atoms with van der Waals surface area (Å²) in [6.45, 7) is 3.84. The number of alkyl halides is 1. The van der Waals surface area contributed by atoms with Crippen molar-refractivity contribution in [1.29, 1.82) is 0 Å². The SMILES string of the molecule is CCC(CC)(CBr)CS(=O)(=O)c1ccc(F)c(F)c1. The molecule has 1 aromatic carbocycles. The van der Waals surface area contributed by atoms with Crippen LogP contribution in [0.2, 0.25) is 0 Å². The van der Waals surface area contributed by atoms with Crippen molar-refractivity contribution in [3.63, 3.8) is 0 Å². The Balaban J connectivity index is 3.14. The van der Waals surface area contributed by atoms with E-state index < -0.39 is 21.5 Å². The third-order valence-corrected chi connectivity index (χ3v) is 6.68. The normalized spacial score (nSPS) is 12.7. The lowest BCUT2D eigenvalue weighted by Crippen LogP contribution is -2.30. The lowest BCUT2D eigenvalue weighted by molar-refractivity contribution is 0.351. The molecule has 0 amide bonds. The molecular weight excluding hydrogens is 338 g/mol. The average Bonchev–Trinajstić information content (AvgIpc) is 2.39. The van der Waals surface area contributed by atoms with Crippen molar-refractivity contribution in [2.24, 2.45) is 5.41 Å². The fourth-order valence-electron chi connectivity index (χ4n) is 1.84. The van der Waals surface area contributed by atoms with Crippen LogP contribution >= 0.6 is 15.9 Å². The van der Waals surface area contributed by atoms with E-state index in [-0.39, 0.29) is 16.1 Å². The number of hydrogen-bond acceptors (Lipinski definition) is 2. The largest absolute Gasteiger partial charge is 0.224 e. The molecule has 0 atom stereocenters. The van der Waals surface area contributed by atoms with E-state index in [2.05, 4.69) is 15.9 Å². The van der Waals surface area contributed by atoms with E-state index in [1.165, 1.54) is 0 Å². The first-order chi connectivity index (χ1) is 8.80. The molecule has 0 bridgehead atoms. The number of halogens is 3. The van der Waals surface area contributed by atoms with E-state index in [0.717, 1.165) is 18.2 Å². The molecule has 0 radical (unpaired) electrons. The maximum atomic E-state index is 13.1. The number of rotatable bonds is 6. The lowest BCUT2D eigenvalue weighted by Gasteiger charge is -2.29. The molecule has 1 aromatic rings. The summed E-state index contributed by atoms with van der Waals surface area (Å²) in [4.78, 5) is -0.168. The standard InChI is InChI=1S/C13H17BrF2O2S/c1-3-13(4-2,8-14)9-19(17,18)10-5-6-11(15)12(16)7-10/h5-7H,3-4,8-9H2,1-2H3. The molecule has 0 heterocycles. The highest BCUT2D eigenvalue weighted by atomic mass is 79.9. The zero-order valence-corrected chi connectivity index (χ0v) is 13.3. The van der Waals surface area contributed by atoms with E-state index >= 15 is 0 Å². The third-order valence-electron chi connectivity index (χ3n) is 3.53. The molecule has 0 saturated heterocycles. The number of sulfone groups is 1. The highest BCUT2D eigenvalue weighted by molar-refractivity contribution is 9.09. The Kier molecular flexibility index (Phi) is 5.50. The van der Waals surface area contributed by atoms with E-state index in [1.807, 2.05) is 13.8 Å². The molecule has 0 N–H and O–H groups in total. The number of hydrogen-bond donors (Lipinski definition) is 0. The summed E-state index contributed by atoms with van der Waals surface area (Å²) in [6, 6.07) is 2.70. The summed E-state index contributed by atoms with van der Waals surface area (Å²) < 4.78 is 50.5. The highest BCUT2D eigenvalue weighted by Gasteiger charge is 2.32. The summed E-state index contributed by atoms with van der Waals surface area (Å²) >= 11 is 3.35. The molecule has 19 heavy (non-hydrogen) atoms. The van der Waals surface area contributed by atoms with Gasteiger partial charge in [-0.25, -0.2) is 17.2 Å². The average molecular weight is 355 g/mol. The lowest BCUT2D eigenvalue weighted by atomic mass is 9.87. The van der Waals surface area contributed by atoms with Crippen LogP contribution in [0.5, 0.6) is 0 Å². The van der Waals surface area contributed by atoms with Crippen LogP contribution in [-0.2, 0) is 9.84 Å². The first-order valence-electron chi connectivity index (χ1n) is 6.04. The van der Waals surface area contributed by atoms with E-state index in [4.69, 9.17) is 0 Å². The monoisotopic (exact) mass is 354 g/mol. The van der Waals surface area contributed by atoms with E-state index in [1.54, 1.807) is 0 Å². The molecule has 1 rings (SSSR count). The molecule has 2 nitrogen and oxygen atoms in total. The van der Waals surface area contributed by atoms with Crippen LogP contribution in [0.4, 0.5) is 8.78 Å². The predicted molar refractivity (Wildman–Crippen MR) is 75.2 cm³/mol. The minimum atomic E-state index is -3.63. The highest BCUT2D eigenvalue weighted by Crippen LogP contribution is 2.32. The van der Waals surface area contributed by atoms with Gasteiger partial charge < -0.3 is 0 Å². The van der Waals surface area contributed by atoms with Gasteiger partial charge in [0.1, 0.15) is 0 Å². The maximum absolute atomic E-state index is 13.1. The van der Waals surface area contributed by atoms with Crippen molar-refractivity contribution < 1.29 is 17.2 Å². The van der Waals surface area contributed by atoms with Crippen molar-refractivity contribution in [3.8, 4) is 0 Å². The minimum absolute atomic E-state index is 0.0800. The van der Waals surface area contributed by atoms with Gasteiger partial charge in [0, 0.05) is 5.33 Å². The van der Waals surface area contributed by atoms with E-state index in [0.29, 0.717) is 18.2 Å². The Bertz CT molecular complexity index is 531. The quantitative estimate of drug-likeness (QED) is 0.572. The van der Waals surface area contributed by atoms with Gasteiger partial charge in [-0.05, 0) is 36.5 Å². The molecule has 0 aliphatic rings. The van der Waals surface area contributed by atoms with Crippen LogP contribution in [0.1, 0.15) is 26.7 Å². The summed E-state index contributed by atoms with van der Waals surface area (Å²) in [5.41, 5.74) is -0.385. The van der Waals surface area contributed by atoms with Gasteiger partial charge in [-0.2, -0.15) is 0 Å². The fraction of sp³-hybridized carbons (Fsp3) is 0.538. The second kappa shape index (κ2) is 6.31. The van der Waals surface area contributed by atoms with Gasteiger partial charge >= 0.3 is 0 Å². The van der Waals surface area contributed by atoms with Crippen molar-refractivity contribution >= 4 is 25.8 Å². The van der Waals surface area contributed by atoms with Gasteiger partial charge in [-0.3, -0.25) is 0 Å². The van der Waals surface area contributed by atoms with Gasteiger partial charge in [0.2, 0.25) is 0 Å². The molecule has 0 saturated carbocycles. The smallest absolute Gasteiger partial charge is 0.179 e. The van der Waals surface area contributed by atoms with Gasteiger partial charge in [0.15, 0.2) is 21.5 Å². The van der Waals surface area contributed by atoms with E-state index in [9.17, 15) is 17.2 Å². The van der Waals surface area contributed by atoms with Crippen LogP contribution in [0.25, 0.3) is 0 Å². The zero-order chi connectivity index (χ0) is 14.7. The Morgan fingerprint density at radius 1 is 1.16 bits per heavy atom. The van der Waals surface area contributed by atoms with Crippen LogP contribution < -0.4 is 0 Å². The molecule has 0 spiro atoms. The van der Waals surface area contributed by atoms with Crippen LogP contribution in [-0.4, -0.2) is 19.5 Å². The Labute approximate surface area is 121 Å². The molecule has 0 fully saturated rings. The van der Waals surface area contributed by atoms with Gasteiger partial charge in [-0.1, -0.05) is 29.8 Å². The second-order valence-electron chi connectivity index (χ2n) is 4.68. The Morgan fingerprint density at radius 3 is 2.16 bits per heavy atom. The summed E-state index contributed by atoms with van der Waals surface area (Å²) in [7, 11) is -3.63. The van der Waals surface area contributed by atoms with Crippen molar-refractivity contribution in [1.82, 2.24) is 0 Å². The summed E-state index contributed by atoms with van der Waals surface area (Å²) in [6.07, 6.45) is 1.38. The molecule has 0 aliphatic carbocycles. The molecule has 0 aliphatic heterocycles. The number of benzene rings is 1. The maximum Gasteiger partial charge on any atom is 0.179 e. The van der Waals surface area contributed by atoms with Gasteiger partial charge in [0.05, 0.1) is 10.6 Å². The third kappa shape index (κ3) is 3.75. The Hall–Kier alpha value is -0.490.